The zero-order valence-corrected chi connectivity index (χ0v) is 14.0. The van der Waals surface area contributed by atoms with E-state index in [1.165, 1.54) is 5.69 Å². The minimum Gasteiger partial charge on any atom is -0.372 e. The van der Waals surface area contributed by atoms with Crippen molar-refractivity contribution in [1.82, 2.24) is 4.98 Å². The standard InChI is InChI=1S/C19H23N3O/c1-4-10-22(11-5-2)16-8-6-15(7-9-16)17-12-14(3)21-19(23)18(17)13-20/h6-9,12H,4-5,10-11H2,1-3H3,(H,21,23). The molecule has 1 aromatic heterocycles. The van der Waals surface area contributed by atoms with E-state index >= 15 is 0 Å². The molecule has 1 N–H and O–H groups in total. The summed E-state index contributed by atoms with van der Waals surface area (Å²) in [6, 6.07) is 12.0. The van der Waals surface area contributed by atoms with E-state index in [1.54, 1.807) is 0 Å². The molecule has 0 saturated heterocycles. The van der Waals surface area contributed by atoms with Crippen molar-refractivity contribution in [2.24, 2.45) is 0 Å². The van der Waals surface area contributed by atoms with Gasteiger partial charge in [0.2, 0.25) is 0 Å². The smallest absolute Gasteiger partial charge is 0.266 e. The second-order valence-electron chi connectivity index (χ2n) is 5.72. The van der Waals surface area contributed by atoms with E-state index < -0.39 is 0 Å². The highest BCUT2D eigenvalue weighted by Gasteiger charge is 2.11. The van der Waals surface area contributed by atoms with Gasteiger partial charge in [0.25, 0.3) is 5.56 Å². The van der Waals surface area contributed by atoms with Crippen molar-refractivity contribution in [3.8, 4) is 17.2 Å². The zero-order valence-electron chi connectivity index (χ0n) is 14.0. The number of pyridine rings is 1. The lowest BCUT2D eigenvalue weighted by molar-refractivity contribution is 0.745. The number of hydrogen-bond acceptors (Lipinski definition) is 3. The first-order chi connectivity index (χ1) is 11.1. The third-order valence-corrected chi connectivity index (χ3v) is 3.81. The van der Waals surface area contributed by atoms with Gasteiger partial charge in [0.15, 0.2) is 0 Å². The summed E-state index contributed by atoms with van der Waals surface area (Å²) in [6.07, 6.45) is 2.21. The van der Waals surface area contributed by atoms with Crippen molar-refractivity contribution < 1.29 is 0 Å². The minimum absolute atomic E-state index is 0.169. The van der Waals surface area contributed by atoms with E-state index in [0.29, 0.717) is 5.56 Å². The Hall–Kier alpha value is -2.54. The van der Waals surface area contributed by atoms with Gasteiger partial charge < -0.3 is 9.88 Å². The lowest BCUT2D eigenvalue weighted by atomic mass is 10.0. The SMILES string of the molecule is CCCN(CCC)c1ccc(-c2cc(C)[nH]c(=O)c2C#N)cc1. The number of benzene rings is 1. The molecule has 0 bridgehead atoms. The fourth-order valence-corrected chi connectivity index (χ4v) is 2.79. The fraction of sp³-hybridized carbons (Fsp3) is 0.368. The van der Waals surface area contributed by atoms with Gasteiger partial charge in [-0.05, 0) is 43.5 Å². The van der Waals surface area contributed by atoms with E-state index in [1.807, 2.05) is 31.2 Å². The molecule has 0 aliphatic rings. The maximum absolute atomic E-state index is 11.9. The second-order valence-corrected chi connectivity index (χ2v) is 5.72. The van der Waals surface area contributed by atoms with Crippen LogP contribution in [-0.4, -0.2) is 18.1 Å². The highest BCUT2D eigenvalue weighted by molar-refractivity contribution is 5.72. The van der Waals surface area contributed by atoms with E-state index in [0.717, 1.165) is 37.2 Å². The first-order valence-electron chi connectivity index (χ1n) is 8.10. The number of anilines is 1. The molecule has 1 aromatic carbocycles. The summed E-state index contributed by atoms with van der Waals surface area (Å²) in [4.78, 5) is 17.0. The highest BCUT2D eigenvalue weighted by atomic mass is 16.1. The molecule has 4 nitrogen and oxygen atoms in total. The van der Waals surface area contributed by atoms with Crippen molar-refractivity contribution in [2.45, 2.75) is 33.6 Å². The second kappa shape index (κ2) is 7.64. The molecule has 0 saturated carbocycles. The van der Waals surface area contributed by atoms with Crippen molar-refractivity contribution in [3.63, 3.8) is 0 Å². The summed E-state index contributed by atoms with van der Waals surface area (Å²) in [7, 11) is 0. The number of aryl methyl sites for hydroxylation is 1. The molecule has 0 atom stereocenters. The maximum Gasteiger partial charge on any atom is 0.266 e. The Kier molecular flexibility index (Phi) is 5.59. The van der Waals surface area contributed by atoms with Gasteiger partial charge in [-0.25, -0.2) is 0 Å². The largest absolute Gasteiger partial charge is 0.372 e. The quantitative estimate of drug-likeness (QED) is 0.881. The number of rotatable bonds is 6. The Morgan fingerprint density at radius 3 is 2.26 bits per heavy atom. The van der Waals surface area contributed by atoms with Gasteiger partial charge in [-0.15, -0.1) is 0 Å². The van der Waals surface area contributed by atoms with Gasteiger partial charge >= 0.3 is 0 Å². The number of hydrogen-bond donors (Lipinski definition) is 1. The average molecular weight is 309 g/mol. The van der Waals surface area contributed by atoms with Crippen LogP contribution in [0.1, 0.15) is 37.9 Å². The van der Waals surface area contributed by atoms with Crippen molar-refractivity contribution in [3.05, 3.63) is 51.9 Å². The average Bonchev–Trinajstić information content (AvgIpc) is 2.54. The van der Waals surface area contributed by atoms with Crippen LogP contribution in [-0.2, 0) is 0 Å². The van der Waals surface area contributed by atoms with E-state index in [2.05, 4.69) is 35.9 Å². The summed E-state index contributed by atoms with van der Waals surface area (Å²) in [5, 5.41) is 9.26. The van der Waals surface area contributed by atoms with Crippen LogP contribution in [0.3, 0.4) is 0 Å². The molecule has 1 heterocycles. The molecule has 120 valence electrons. The molecule has 0 aliphatic carbocycles. The molecule has 2 aromatic rings. The molecule has 0 radical (unpaired) electrons. The van der Waals surface area contributed by atoms with Crippen molar-refractivity contribution >= 4 is 5.69 Å². The highest BCUT2D eigenvalue weighted by Crippen LogP contribution is 2.25. The topological polar surface area (TPSA) is 59.9 Å². The molecule has 0 aliphatic heterocycles. The monoisotopic (exact) mass is 309 g/mol. The first-order valence-corrected chi connectivity index (χ1v) is 8.10. The fourth-order valence-electron chi connectivity index (χ4n) is 2.79. The van der Waals surface area contributed by atoms with Gasteiger partial charge in [0.1, 0.15) is 11.6 Å². The van der Waals surface area contributed by atoms with Gasteiger partial charge in [0, 0.05) is 30.0 Å². The molecule has 0 unspecified atom stereocenters. The van der Waals surface area contributed by atoms with Crippen LogP contribution < -0.4 is 10.5 Å². The molecule has 0 amide bonds. The van der Waals surface area contributed by atoms with Crippen LogP contribution in [0.5, 0.6) is 0 Å². The summed E-state index contributed by atoms with van der Waals surface area (Å²) >= 11 is 0. The Labute approximate surface area is 137 Å². The molecule has 0 fully saturated rings. The Balaban J connectivity index is 2.41. The number of H-pyrrole nitrogens is 1. The van der Waals surface area contributed by atoms with Gasteiger partial charge in [-0.1, -0.05) is 26.0 Å². The summed E-state index contributed by atoms with van der Waals surface area (Å²) in [6.45, 7) is 8.23. The Bertz CT molecular complexity index is 748. The number of nitriles is 1. The third kappa shape index (κ3) is 3.81. The number of aromatic nitrogens is 1. The van der Waals surface area contributed by atoms with Crippen molar-refractivity contribution in [1.29, 1.82) is 5.26 Å². The molecular weight excluding hydrogens is 286 g/mol. The lowest BCUT2D eigenvalue weighted by Gasteiger charge is -2.24. The number of nitrogens with zero attached hydrogens (tertiary/aromatic N) is 2. The maximum atomic E-state index is 11.9. The Morgan fingerprint density at radius 1 is 1.13 bits per heavy atom. The van der Waals surface area contributed by atoms with E-state index in [4.69, 9.17) is 0 Å². The molecule has 0 spiro atoms. The predicted octanol–water partition coefficient (Wildman–Crippen LogP) is 3.85. The van der Waals surface area contributed by atoms with Crippen LogP contribution in [0.2, 0.25) is 0 Å². The first kappa shape index (κ1) is 16.8. The molecule has 2 rings (SSSR count). The van der Waals surface area contributed by atoms with Crippen LogP contribution in [0.25, 0.3) is 11.1 Å². The molecule has 23 heavy (non-hydrogen) atoms. The molecular formula is C19H23N3O. The third-order valence-electron chi connectivity index (χ3n) is 3.81. The summed E-state index contributed by atoms with van der Waals surface area (Å²) < 4.78 is 0. The number of aromatic amines is 1. The Morgan fingerprint density at radius 2 is 1.74 bits per heavy atom. The van der Waals surface area contributed by atoms with Crippen LogP contribution in [0, 0.1) is 18.3 Å². The predicted molar refractivity (Wildman–Crippen MR) is 94.7 cm³/mol. The van der Waals surface area contributed by atoms with Crippen LogP contribution in [0.15, 0.2) is 35.1 Å². The summed E-state index contributed by atoms with van der Waals surface area (Å²) in [5.74, 6) is 0. The summed E-state index contributed by atoms with van der Waals surface area (Å²) in [5.41, 5.74) is 3.36. The van der Waals surface area contributed by atoms with Crippen LogP contribution >= 0.6 is 0 Å². The van der Waals surface area contributed by atoms with Crippen molar-refractivity contribution in [2.75, 3.05) is 18.0 Å². The van der Waals surface area contributed by atoms with E-state index in [9.17, 15) is 10.1 Å². The van der Waals surface area contributed by atoms with Gasteiger partial charge in [-0.2, -0.15) is 5.26 Å². The van der Waals surface area contributed by atoms with Crippen LogP contribution in [0.4, 0.5) is 5.69 Å². The number of nitrogens with one attached hydrogen (secondary N) is 1. The zero-order chi connectivity index (χ0) is 16.8. The lowest BCUT2D eigenvalue weighted by Crippen LogP contribution is -2.24. The minimum atomic E-state index is -0.329. The normalized spacial score (nSPS) is 10.3. The van der Waals surface area contributed by atoms with Gasteiger partial charge in [0.05, 0.1) is 0 Å². The van der Waals surface area contributed by atoms with Gasteiger partial charge in [-0.3, -0.25) is 4.79 Å². The van der Waals surface area contributed by atoms with E-state index in [-0.39, 0.29) is 11.1 Å². The molecule has 4 heteroatoms.